The van der Waals surface area contributed by atoms with Crippen molar-refractivity contribution >= 4 is 0 Å². The predicted molar refractivity (Wildman–Crippen MR) is 150 cm³/mol. The van der Waals surface area contributed by atoms with Gasteiger partial charge in [0.05, 0.1) is 0 Å². The van der Waals surface area contributed by atoms with Crippen LogP contribution in [0.15, 0.2) is 24.3 Å². The van der Waals surface area contributed by atoms with Gasteiger partial charge >= 0.3 is 0 Å². The third kappa shape index (κ3) is 6.43. The molecule has 2 aromatic carbocycles. The van der Waals surface area contributed by atoms with Crippen molar-refractivity contribution in [1.82, 2.24) is 0 Å². The number of hydrogen-bond donors (Lipinski definition) is 2. The molecule has 0 aliphatic heterocycles. The van der Waals surface area contributed by atoms with Gasteiger partial charge in [-0.1, -0.05) is 90.5 Å². The van der Waals surface area contributed by atoms with Gasteiger partial charge in [-0.15, -0.1) is 0 Å². The fourth-order valence-corrected chi connectivity index (χ4v) is 6.03. The second-order valence-electron chi connectivity index (χ2n) is 11.0. The highest BCUT2D eigenvalue weighted by atomic mass is 16.3. The van der Waals surface area contributed by atoms with Gasteiger partial charge < -0.3 is 10.2 Å². The first-order valence-corrected chi connectivity index (χ1v) is 14.7. The average molecular weight is 479 g/mol. The molecule has 1 fully saturated rings. The van der Waals surface area contributed by atoms with Gasteiger partial charge in [0, 0.05) is 5.41 Å². The largest absolute Gasteiger partial charge is 0.507 e. The van der Waals surface area contributed by atoms with Crippen LogP contribution in [0.4, 0.5) is 0 Å². The summed E-state index contributed by atoms with van der Waals surface area (Å²) in [4.78, 5) is 0. The quantitative estimate of drug-likeness (QED) is 0.284. The van der Waals surface area contributed by atoms with Crippen molar-refractivity contribution in [2.45, 2.75) is 136 Å². The van der Waals surface area contributed by atoms with E-state index in [9.17, 15) is 10.2 Å². The molecule has 0 radical (unpaired) electrons. The fraction of sp³-hybridized carbons (Fsp3) is 0.636. The van der Waals surface area contributed by atoms with Crippen molar-refractivity contribution in [3.8, 4) is 11.5 Å². The molecule has 0 unspecified atom stereocenters. The van der Waals surface area contributed by atoms with Gasteiger partial charge in [-0.2, -0.15) is 0 Å². The van der Waals surface area contributed by atoms with Gasteiger partial charge in [0.2, 0.25) is 0 Å². The van der Waals surface area contributed by atoms with Crippen LogP contribution in [0.25, 0.3) is 0 Å². The van der Waals surface area contributed by atoms with E-state index in [-0.39, 0.29) is 5.41 Å². The molecular weight excluding hydrogens is 428 g/mol. The molecule has 1 saturated carbocycles. The standard InChI is InChI=1S/C33H50O2/c1-5-9-15-25-21-29(22-26(31(25)34)16-10-6-2)33(19-13-14-20-33)30-23-27(17-11-7-3)32(35)28(24-30)18-12-8-4/h21-24,34-35H,5-20H2,1-4H3. The van der Waals surface area contributed by atoms with Crippen molar-refractivity contribution in [3.63, 3.8) is 0 Å². The molecule has 194 valence electrons. The van der Waals surface area contributed by atoms with Crippen LogP contribution in [0.1, 0.15) is 138 Å². The molecule has 1 aliphatic rings. The summed E-state index contributed by atoms with van der Waals surface area (Å²) in [5.74, 6) is 1.09. The zero-order valence-electron chi connectivity index (χ0n) is 23.0. The lowest BCUT2D eigenvalue weighted by atomic mass is 9.71. The molecule has 0 atom stereocenters. The minimum atomic E-state index is -0.00867. The molecule has 0 heterocycles. The molecule has 0 spiro atoms. The summed E-state index contributed by atoms with van der Waals surface area (Å²) in [6.45, 7) is 8.90. The Kier molecular flexibility index (Phi) is 10.6. The van der Waals surface area contributed by atoms with Gasteiger partial charge in [-0.05, 0) is 97.6 Å². The Labute approximate surface area is 215 Å². The first kappa shape index (κ1) is 27.6. The molecule has 0 amide bonds. The lowest BCUT2D eigenvalue weighted by Gasteiger charge is -2.33. The van der Waals surface area contributed by atoms with Crippen molar-refractivity contribution in [3.05, 3.63) is 57.6 Å². The maximum absolute atomic E-state index is 11.1. The number of aryl methyl sites for hydroxylation is 4. The van der Waals surface area contributed by atoms with Crippen molar-refractivity contribution in [1.29, 1.82) is 0 Å². The van der Waals surface area contributed by atoms with Crippen LogP contribution in [-0.2, 0) is 31.1 Å². The lowest BCUT2D eigenvalue weighted by molar-refractivity contribution is 0.453. The SMILES string of the molecule is CCCCc1cc(C2(c3cc(CCCC)c(O)c(CCCC)c3)CCCC2)cc(CCCC)c1O. The smallest absolute Gasteiger partial charge is 0.121 e. The predicted octanol–water partition coefficient (Wildman–Crippen LogP) is 9.33. The first-order chi connectivity index (χ1) is 17.0. The average Bonchev–Trinajstić information content (AvgIpc) is 3.37. The summed E-state index contributed by atoms with van der Waals surface area (Å²) in [5.41, 5.74) is 7.34. The van der Waals surface area contributed by atoms with Crippen LogP contribution in [-0.4, -0.2) is 10.2 Å². The van der Waals surface area contributed by atoms with Crippen LogP contribution in [0.3, 0.4) is 0 Å². The Morgan fingerprint density at radius 1 is 0.543 bits per heavy atom. The maximum Gasteiger partial charge on any atom is 0.121 e. The summed E-state index contributed by atoms with van der Waals surface area (Å²) in [5, 5.41) is 22.3. The number of rotatable bonds is 14. The zero-order valence-corrected chi connectivity index (χ0v) is 23.0. The van der Waals surface area contributed by atoms with E-state index >= 15 is 0 Å². The van der Waals surface area contributed by atoms with E-state index in [1.165, 1.54) is 24.0 Å². The summed E-state index contributed by atoms with van der Waals surface area (Å²) < 4.78 is 0. The molecule has 2 N–H and O–H groups in total. The van der Waals surface area contributed by atoms with E-state index in [0.29, 0.717) is 11.5 Å². The first-order valence-electron chi connectivity index (χ1n) is 14.7. The van der Waals surface area contributed by atoms with E-state index in [0.717, 1.165) is 112 Å². The summed E-state index contributed by atoms with van der Waals surface area (Å²) >= 11 is 0. The molecule has 1 aliphatic carbocycles. The summed E-state index contributed by atoms with van der Waals surface area (Å²) in [7, 11) is 0. The molecule has 3 rings (SSSR count). The lowest BCUT2D eigenvalue weighted by Crippen LogP contribution is -2.25. The molecule has 35 heavy (non-hydrogen) atoms. The Morgan fingerprint density at radius 2 is 0.829 bits per heavy atom. The Hall–Kier alpha value is -1.96. The summed E-state index contributed by atoms with van der Waals surface area (Å²) in [6.07, 6.45) is 17.6. The normalized spacial score (nSPS) is 15.1. The molecule has 0 bridgehead atoms. The van der Waals surface area contributed by atoms with Crippen LogP contribution in [0.2, 0.25) is 0 Å². The third-order valence-corrected chi connectivity index (χ3v) is 8.30. The third-order valence-electron chi connectivity index (χ3n) is 8.30. The molecule has 2 nitrogen and oxygen atoms in total. The molecule has 2 aromatic rings. The van der Waals surface area contributed by atoms with Crippen LogP contribution < -0.4 is 0 Å². The number of hydrogen-bond acceptors (Lipinski definition) is 2. The Bertz CT molecular complexity index is 807. The van der Waals surface area contributed by atoms with Crippen molar-refractivity contribution in [2.24, 2.45) is 0 Å². The van der Waals surface area contributed by atoms with E-state index in [4.69, 9.17) is 0 Å². The van der Waals surface area contributed by atoms with E-state index in [1.54, 1.807) is 0 Å². The Morgan fingerprint density at radius 3 is 1.09 bits per heavy atom. The van der Waals surface area contributed by atoms with Gasteiger partial charge in [0.25, 0.3) is 0 Å². The summed E-state index contributed by atoms with van der Waals surface area (Å²) in [6, 6.07) is 9.37. The fourth-order valence-electron chi connectivity index (χ4n) is 6.03. The highest BCUT2D eigenvalue weighted by Gasteiger charge is 2.39. The highest BCUT2D eigenvalue weighted by Crippen LogP contribution is 2.49. The highest BCUT2D eigenvalue weighted by molar-refractivity contribution is 5.54. The van der Waals surface area contributed by atoms with E-state index < -0.39 is 0 Å². The number of unbranched alkanes of at least 4 members (excludes halogenated alkanes) is 4. The second kappa shape index (κ2) is 13.4. The monoisotopic (exact) mass is 478 g/mol. The second-order valence-corrected chi connectivity index (χ2v) is 11.0. The van der Waals surface area contributed by atoms with E-state index in [1.807, 2.05) is 0 Å². The minimum absolute atomic E-state index is 0.00867. The van der Waals surface area contributed by atoms with Crippen LogP contribution in [0.5, 0.6) is 11.5 Å². The number of benzene rings is 2. The molecule has 0 saturated heterocycles. The van der Waals surface area contributed by atoms with E-state index in [2.05, 4.69) is 52.0 Å². The Balaban J connectivity index is 2.17. The number of phenolic OH excluding ortho intramolecular Hbond substituents is 2. The topological polar surface area (TPSA) is 40.5 Å². The number of phenols is 2. The van der Waals surface area contributed by atoms with Gasteiger partial charge in [0.15, 0.2) is 0 Å². The molecular formula is C33H50O2. The number of aromatic hydroxyl groups is 2. The maximum atomic E-state index is 11.1. The van der Waals surface area contributed by atoms with Crippen molar-refractivity contribution in [2.75, 3.05) is 0 Å². The van der Waals surface area contributed by atoms with Gasteiger partial charge in [-0.3, -0.25) is 0 Å². The molecule has 0 aromatic heterocycles. The van der Waals surface area contributed by atoms with Crippen LogP contribution in [0, 0.1) is 0 Å². The minimum Gasteiger partial charge on any atom is -0.507 e. The van der Waals surface area contributed by atoms with Gasteiger partial charge in [-0.25, -0.2) is 0 Å². The molecule has 2 heteroatoms. The van der Waals surface area contributed by atoms with Crippen LogP contribution >= 0.6 is 0 Å². The zero-order chi connectivity index (χ0) is 25.3. The van der Waals surface area contributed by atoms with Crippen molar-refractivity contribution < 1.29 is 10.2 Å². The van der Waals surface area contributed by atoms with Gasteiger partial charge in [0.1, 0.15) is 11.5 Å².